The Bertz CT molecular complexity index is 906. The Hall–Kier alpha value is -3.68. The van der Waals surface area contributed by atoms with E-state index in [2.05, 4.69) is 10.3 Å². The smallest absolute Gasteiger partial charge is 0.335 e. The number of anilines is 1. The van der Waals surface area contributed by atoms with Crippen LogP contribution < -0.4 is 19.7 Å². The molecule has 144 valence electrons. The SMILES string of the molecule is COc1ccc(CN=CC2C(=O)NC(=O)N(c3ccc(OC)cc3)C2=O)cc1. The largest absolute Gasteiger partial charge is 0.497 e. The fourth-order valence-electron chi connectivity index (χ4n) is 2.69. The number of rotatable bonds is 6. The number of nitrogens with one attached hydrogen (secondary N) is 1. The highest BCUT2D eigenvalue weighted by molar-refractivity contribution is 6.32. The fourth-order valence-corrected chi connectivity index (χ4v) is 2.69. The number of carbonyl (C=O) groups excluding carboxylic acids is 3. The van der Waals surface area contributed by atoms with Gasteiger partial charge in [-0.15, -0.1) is 0 Å². The molecular formula is C20H19N3O5. The van der Waals surface area contributed by atoms with Crippen LogP contribution in [0, 0.1) is 5.92 Å². The lowest BCUT2D eigenvalue weighted by molar-refractivity contribution is -0.131. The zero-order valence-corrected chi connectivity index (χ0v) is 15.4. The van der Waals surface area contributed by atoms with Gasteiger partial charge in [0.25, 0.3) is 5.91 Å². The first-order valence-corrected chi connectivity index (χ1v) is 8.49. The summed E-state index contributed by atoms with van der Waals surface area (Å²) < 4.78 is 10.2. The van der Waals surface area contributed by atoms with Crippen LogP contribution >= 0.6 is 0 Å². The van der Waals surface area contributed by atoms with E-state index in [-0.39, 0.29) is 6.54 Å². The lowest BCUT2D eigenvalue weighted by Gasteiger charge is -2.28. The van der Waals surface area contributed by atoms with Gasteiger partial charge in [0, 0.05) is 6.21 Å². The van der Waals surface area contributed by atoms with Gasteiger partial charge in [-0.25, -0.2) is 9.69 Å². The van der Waals surface area contributed by atoms with Gasteiger partial charge in [0.15, 0.2) is 5.92 Å². The molecule has 8 nitrogen and oxygen atoms in total. The van der Waals surface area contributed by atoms with Gasteiger partial charge < -0.3 is 9.47 Å². The van der Waals surface area contributed by atoms with E-state index < -0.39 is 23.8 Å². The Kier molecular flexibility index (Phi) is 5.69. The molecule has 1 N–H and O–H groups in total. The summed E-state index contributed by atoms with van der Waals surface area (Å²) in [5.41, 5.74) is 1.23. The van der Waals surface area contributed by atoms with Crippen LogP contribution in [-0.4, -0.2) is 38.3 Å². The predicted molar refractivity (Wildman–Crippen MR) is 103 cm³/mol. The van der Waals surface area contributed by atoms with Gasteiger partial charge in [-0.05, 0) is 42.0 Å². The van der Waals surface area contributed by atoms with Crippen molar-refractivity contribution in [3.8, 4) is 11.5 Å². The van der Waals surface area contributed by atoms with E-state index in [1.165, 1.54) is 13.3 Å². The normalized spacial score (nSPS) is 17.0. The van der Waals surface area contributed by atoms with Gasteiger partial charge in [-0.2, -0.15) is 0 Å². The van der Waals surface area contributed by atoms with Crippen LogP contribution in [0.1, 0.15) is 5.56 Å². The van der Waals surface area contributed by atoms with Crippen molar-refractivity contribution in [2.24, 2.45) is 10.9 Å². The molecule has 0 saturated carbocycles. The quantitative estimate of drug-likeness (QED) is 0.611. The molecule has 0 aromatic heterocycles. The molecule has 1 aliphatic rings. The maximum Gasteiger partial charge on any atom is 0.335 e. The second-order valence-corrected chi connectivity index (χ2v) is 5.98. The molecule has 3 rings (SSSR count). The van der Waals surface area contributed by atoms with E-state index in [1.54, 1.807) is 43.5 Å². The van der Waals surface area contributed by atoms with Gasteiger partial charge in [0.05, 0.1) is 26.5 Å². The molecule has 4 amide bonds. The average Bonchev–Trinajstić information content (AvgIpc) is 2.71. The summed E-state index contributed by atoms with van der Waals surface area (Å²) in [6.07, 6.45) is 1.27. The third-order valence-corrected chi connectivity index (χ3v) is 4.22. The molecule has 1 heterocycles. The van der Waals surface area contributed by atoms with Crippen molar-refractivity contribution in [2.45, 2.75) is 6.54 Å². The average molecular weight is 381 g/mol. The fraction of sp³-hybridized carbons (Fsp3) is 0.200. The third kappa shape index (κ3) is 4.01. The van der Waals surface area contributed by atoms with Crippen molar-refractivity contribution >= 4 is 29.7 Å². The van der Waals surface area contributed by atoms with Crippen molar-refractivity contribution < 1.29 is 23.9 Å². The number of nitrogens with zero attached hydrogens (tertiary/aromatic N) is 2. The molecular weight excluding hydrogens is 362 g/mol. The topological polar surface area (TPSA) is 97.3 Å². The number of urea groups is 1. The number of carbonyl (C=O) groups is 3. The number of imide groups is 2. The number of ether oxygens (including phenoxy) is 2. The summed E-state index contributed by atoms with van der Waals surface area (Å²) in [6.45, 7) is 0.289. The number of barbiturate groups is 1. The highest BCUT2D eigenvalue weighted by Crippen LogP contribution is 2.23. The molecule has 1 fully saturated rings. The monoisotopic (exact) mass is 381 g/mol. The van der Waals surface area contributed by atoms with Crippen LogP contribution in [0.4, 0.5) is 10.5 Å². The summed E-state index contributed by atoms with van der Waals surface area (Å²) in [5, 5.41) is 2.19. The molecule has 28 heavy (non-hydrogen) atoms. The minimum absolute atomic E-state index is 0.289. The number of hydrogen-bond acceptors (Lipinski definition) is 6. The Labute approximate surface area is 161 Å². The van der Waals surface area contributed by atoms with E-state index in [9.17, 15) is 14.4 Å². The molecule has 0 aliphatic carbocycles. The molecule has 1 saturated heterocycles. The number of amides is 4. The molecule has 2 aromatic carbocycles. The molecule has 8 heteroatoms. The molecule has 0 radical (unpaired) electrons. The Morgan fingerprint density at radius 1 is 0.964 bits per heavy atom. The summed E-state index contributed by atoms with van der Waals surface area (Å²) >= 11 is 0. The Balaban J connectivity index is 1.74. The molecule has 1 aliphatic heterocycles. The van der Waals surface area contributed by atoms with Crippen molar-refractivity contribution in [2.75, 3.05) is 19.1 Å². The molecule has 1 atom stereocenters. The summed E-state index contributed by atoms with van der Waals surface area (Å²) in [6, 6.07) is 12.9. The number of methoxy groups -OCH3 is 2. The van der Waals surface area contributed by atoms with Crippen LogP contribution in [0.25, 0.3) is 0 Å². The van der Waals surface area contributed by atoms with Crippen molar-refractivity contribution in [1.29, 1.82) is 0 Å². The van der Waals surface area contributed by atoms with Gasteiger partial charge in [0.2, 0.25) is 5.91 Å². The van der Waals surface area contributed by atoms with Crippen LogP contribution in [0.5, 0.6) is 11.5 Å². The van der Waals surface area contributed by atoms with E-state index in [4.69, 9.17) is 9.47 Å². The highest BCUT2D eigenvalue weighted by Gasteiger charge is 2.40. The molecule has 1 unspecified atom stereocenters. The van der Waals surface area contributed by atoms with Gasteiger partial charge in [-0.3, -0.25) is 19.9 Å². The van der Waals surface area contributed by atoms with Crippen LogP contribution in [0.3, 0.4) is 0 Å². The van der Waals surface area contributed by atoms with Crippen molar-refractivity contribution in [1.82, 2.24) is 5.32 Å². The van der Waals surface area contributed by atoms with E-state index >= 15 is 0 Å². The van der Waals surface area contributed by atoms with Gasteiger partial charge >= 0.3 is 6.03 Å². The maximum absolute atomic E-state index is 12.7. The van der Waals surface area contributed by atoms with Gasteiger partial charge in [-0.1, -0.05) is 12.1 Å². The Morgan fingerprint density at radius 2 is 1.54 bits per heavy atom. The van der Waals surface area contributed by atoms with E-state index in [0.717, 1.165) is 16.2 Å². The lowest BCUT2D eigenvalue weighted by Crippen LogP contribution is -2.58. The predicted octanol–water partition coefficient (Wildman–Crippen LogP) is 2.17. The highest BCUT2D eigenvalue weighted by atomic mass is 16.5. The molecule has 2 aromatic rings. The number of benzene rings is 2. The number of hydrogen-bond donors (Lipinski definition) is 1. The lowest BCUT2D eigenvalue weighted by atomic mass is 10.1. The molecule has 0 bridgehead atoms. The van der Waals surface area contributed by atoms with E-state index in [1.807, 2.05) is 12.1 Å². The zero-order chi connectivity index (χ0) is 20.1. The third-order valence-electron chi connectivity index (χ3n) is 4.22. The minimum atomic E-state index is -1.18. The summed E-state index contributed by atoms with van der Waals surface area (Å²) in [4.78, 5) is 42.1. The number of aliphatic imine (C=N–C) groups is 1. The first kappa shape index (κ1) is 19.1. The van der Waals surface area contributed by atoms with Crippen molar-refractivity contribution in [3.05, 3.63) is 54.1 Å². The molecule has 0 spiro atoms. The minimum Gasteiger partial charge on any atom is -0.497 e. The first-order chi connectivity index (χ1) is 13.5. The van der Waals surface area contributed by atoms with Crippen molar-refractivity contribution in [3.63, 3.8) is 0 Å². The summed E-state index contributed by atoms with van der Waals surface area (Å²) in [5.74, 6) is -1.22. The first-order valence-electron chi connectivity index (χ1n) is 8.49. The second-order valence-electron chi connectivity index (χ2n) is 5.98. The van der Waals surface area contributed by atoms with Crippen LogP contribution in [-0.2, 0) is 16.1 Å². The standard InChI is InChI=1S/C20H19N3O5/c1-27-15-7-3-13(4-8-15)11-21-12-17-18(24)22-20(26)23(19(17)25)14-5-9-16(28-2)10-6-14/h3-10,12,17H,11H2,1-2H3,(H,22,24,26). The zero-order valence-electron chi connectivity index (χ0n) is 15.4. The second kappa shape index (κ2) is 8.34. The van der Waals surface area contributed by atoms with Gasteiger partial charge in [0.1, 0.15) is 11.5 Å². The van der Waals surface area contributed by atoms with Crippen LogP contribution in [0.2, 0.25) is 0 Å². The Morgan fingerprint density at radius 3 is 2.11 bits per heavy atom. The summed E-state index contributed by atoms with van der Waals surface area (Å²) in [7, 11) is 3.10. The van der Waals surface area contributed by atoms with E-state index in [0.29, 0.717) is 11.4 Å². The van der Waals surface area contributed by atoms with Crippen LogP contribution in [0.15, 0.2) is 53.5 Å². The maximum atomic E-state index is 12.7.